The largest absolute Gasteiger partial charge is 0.390 e. The highest BCUT2D eigenvalue weighted by atomic mass is 79.9. The first-order chi connectivity index (χ1) is 8.19. The minimum atomic E-state index is -4.19. The number of nitrogens with one attached hydrogen (secondary N) is 1. The molecule has 0 radical (unpaired) electrons. The summed E-state index contributed by atoms with van der Waals surface area (Å²) in [5.74, 6) is -0.394. The number of rotatable bonds is 4. The Labute approximate surface area is 112 Å². The van der Waals surface area contributed by atoms with E-state index in [0.29, 0.717) is 4.47 Å². The molecule has 0 aliphatic heterocycles. The Bertz CT molecular complexity index is 406. The summed E-state index contributed by atoms with van der Waals surface area (Å²) in [5, 5.41) is 2.84. The fraction of sp³-hybridized carbons (Fsp3) is 0.500. The maximum absolute atomic E-state index is 13.0. The van der Waals surface area contributed by atoms with Crippen molar-refractivity contribution in [1.29, 1.82) is 0 Å². The number of hydrogen-bond acceptors (Lipinski definition) is 1. The predicted molar refractivity (Wildman–Crippen MR) is 65.8 cm³/mol. The van der Waals surface area contributed by atoms with Gasteiger partial charge in [0.1, 0.15) is 5.82 Å². The molecule has 6 heteroatoms. The molecule has 102 valence electrons. The van der Waals surface area contributed by atoms with Gasteiger partial charge < -0.3 is 5.32 Å². The molecule has 0 heterocycles. The van der Waals surface area contributed by atoms with Gasteiger partial charge in [-0.1, -0.05) is 6.07 Å². The van der Waals surface area contributed by atoms with Crippen LogP contribution >= 0.6 is 15.9 Å². The van der Waals surface area contributed by atoms with Crippen molar-refractivity contribution >= 4 is 15.9 Å². The molecule has 0 amide bonds. The van der Waals surface area contributed by atoms with E-state index in [1.807, 2.05) is 0 Å². The van der Waals surface area contributed by atoms with Crippen molar-refractivity contribution < 1.29 is 17.6 Å². The maximum atomic E-state index is 13.0. The minimum absolute atomic E-state index is 0.278. The molecular weight excluding hydrogens is 314 g/mol. The lowest BCUT2D eigenvalue weighted by Crippen LogP contribution is -2.33. The van der Waals surface area contributed by atoms with E-state index < -0.39 is 24.5 Å². The van der Waals surface area contributed by atoms with Crippen molar-refractivity contribution in [1.82, 2.24) is 5.32 Å². The Morgan fingerprint density at radius 2 is 1.89 bits per heavy atom. The van der Waals surface area contributed by atoms with Gasteiger partial charge in [-0.05, 0) is 47.5 Å². The zero-order valence-electron chi connectivity index (χ0n) is 9.98. The van der Waals surface area contributed by atoms with Gasteiger partial charge in [-0.25, -0.2) is 4.39 Å². The lowest BCUT2D eigenvalue weighted by atomic mass is 10.1. The minimum Gasteiger partial charge on any atom is -0.307 e. The molecule has 0 aliphatic rings. The van der Waals surface area contributed by atoms with Crippen LogP contribution in [0.5, 0.6) is 0 Å². The van der Waals surface area contributed by atoms with Crippen molar-refractivity contribution in [2.45, 2.75) is 38.5 Å². The van der Waals surface area contributed by atoms with E-state index in [9.17, 15) is 17.6 Å². The smallest absolute Gasteiger partial charge is 0.307 e. The van der Waals surface area contributed by atoms with Gasteiger partial charge in [-0.3, -0.25) is 0 Å². The number of halogens is 5. The molecule has 0 saturated heterocycles. The molecule has 0 fully saturated rings. The average Bonchev–Trinajstić information content (AvgIpc) is 2.18. The first kappa shape index (κ1) is 15.4. The molecule has 0 aromatic heterocycles. The molecule has 1 aromatic carbocycles. The quantitative estimate of drug-likeness (QED) is 0.798. The van der Waals surface area contributed by atoms with E-state index >= 15 is 0 Å². The van der Waals surface area contributed by atoms with Gasteiger partial charge in [0.15, 0.2) is 0 Å². The second-order valence-electron chi connectivity index (χ2n) is 4.28. The van der Waals surface area contributed by atoms with Crippen LogP contribution in [0.15, 0.2) is 22.7 Å². The van der Waals surface area contributed by atoms with Crippen LogP contribution in [0.3, 0.4) is 0 Å². The Kier molecular flexibility index (Phi) is 5.16. The first-order valence-electron chi connectivity index (χ1n) is 5.47. The molecule has 1 N–H and O–H groups in total. The normalized spacial score (nSPS) is 15.5. The standard InChI is InChI=1S/C12H14BrF4N/c1-7(6-12(15,16)17)18-8(2)9-3-4-11(14)10(13)5-9/h3-5,7-8,18H,6H2,1-2H3. The Hall–Kier alpha value is -0.620. The van der Waals surface area contributed by atoms with E-state index in [1.54, 1.807) is 19.1 Å². The molecule has 1 rings (SSSR count). The third kappa shape index (κ3) is 4.94. The van der Waals surface area contributed by atoms with Crippen molar-refractivity contribution in [3.05, 3.63) is 34.1 Å². The summed E-state index contributed by atoms with van der Waals surface area (Å²) < 4.78 is 49.9. The molecule has 1 aromatic rings. The van der Waals surface area contributed by atoms with Crippen LogP contribution in [0.25, 0.3) is 0 Å². The van der Waals surface area contributed by atoms with Gasteiger partial charge in [-0.2, -0.15) is 13.2 Å². The topological polar surface area (TPSA) is 12.0 Å². The van der Waals surface area contributed by atoms with E-state index in [-0.39, 0.29) is 6.04 Å². The van der Waals surface area contributed by atoms with Crippen LogP contribution < -0.4 is 5.32 Å². The number of hydrogen-bond donors (Lipinski definition) is 1. The summed E-state index contributed by atoms with van der Waals surface area (Å²) in [6, 6.07) is 3.43. The SMILES string of the molecule is CC(CC(F)(F)F)NC(C)c1ccc(F)c(Br)c1. The van der Waals surface area contributed by atoms with Gasteiger partial charge in [-0.15, -0.1) is 0 Å². The predicted octanol–water partition coefficient (Wildman–Crippen LogP) is 4.58. The van der Waals surface area contributed by atoms with Crippen molar-refractivity contribution in [3.63, 3.8) is 0 Å². The molecule has 0 spiro atoms. The molecule has 1 nitrogen and oxygen atoms in total. The Morgan fingerprint density at radius 1 is 1.28 bits per heavy atom. The van der Waals surface area contributed by atoms with E-state index in [1.165, 1.54) is 13.0 Å². The van der Waals surface area contributed by atoms with Crippen molar-refractivity contribution in [2.75, 3.05) is 0 Å². The highest BCUT2D eigenvalue weighted by Crippen LogP contribution is 2.24. The van der Waals surface area contributed by atoms with Gasteiger partial charge in [0, 0.05) is 12.1 Å². The monoisotopic (exact) mass is 327 g/mol. The summed E-state index contributed by atoms with van der Waals surface area (Å²) in [6.45, 7) is 3.22. The van der Waals surface area contributed by atoms with Crippen LogP contribution in [0, 0.1) is 5.82 Å². The lowest BCUT2D eigenvalue weighted by molar-refractivity contribution is -0.139. The highest BCUT2D eigenvalue weighted by molar-refractivity contribution is 9.10. The average molecular weight is 328 g/mol. The molecule has 0 aliphatic carbocycles. The first-order valence-corrected chi connectivity index (χ1v) is 6.26. The van der Waals surface area contributed by atoms with Gasteiger partial charge in [0.05, 0.1) is 10.9 Å². The Morgan fingerprint density at radius 3 is 2.39 bits per heavy atom. The Balaban J connectivity index is 2.64. The van der Waals surface area contributed by atoms with E-state index in [0.717, 1.165) is 5.56 Å². The summed E-state index contributed by atoms with van der Waals surface area (Å²) in [5.41, 5.74) is 0.734. The number of benzene rings is 1. The van der Waals surface area contributed by atoms with Crippen LogP contribution in [-0.4, -0.2) is 12.2 Å². The summed E-state index contributed by atoms with van der Waals surface area (Å²) in [7, 11) is 0. The maximum Gasteiger partial charge on any atom is 0.390 e. The summed E-state index contributed by atoms with van der Waals surface area (Å²) in [6.07, 6.45) is -5.07. The third-order valence-corrected chi connectivity index (χ3v) is 3.12. The fourth-order valence-electron chi connectivity index (χ4n) is 1.71. The summed E-state index contributed by atoms with van der Waals surface area (Å²) >= 11 is 3.05. The molecule has 0 bridgehead atoms. The van der Waals surface area contributed by atoms with Crippen LogP contribution in [0.2, 0.25) is 0 Å². The molecule has 2 unspecified atom stereocenters. The number of alkyl halides is 3. The van der Waals surface area contributed by atoms with E-state index in [4.69, 9.17) is 0 Å². The lowest BCUT2D eigenvalue weighted by Gasteiger charge is -2.21. The van der Waals surface area contributed by atoms with Crippen molar-refractivity contribution in [3.8, 4) is 0 Å². The van der Waals surface area contributed by atoms with Crippen LogP contribution in [0.4, 0.5) is 17.6 Å². The molecular formula is C12H14BrF4N. The molecule has 0 saturated carbocycles. The van der Waals surface area contributed by atoms with Crippen LogP contribution in [-0.2, 0) is 0 Å². The van der Waals surface area contributed by atoms with Crippen molar-refractivity contribution in [2.24, 2.45) is 0 Å². The third-order valence-electron chi connectivity index (χ3n) is 2.52. The highest BCUT2D eigenvalue weighted by Gasteiger charge is 2.30. The molecule has 2 atom stereocenters. The second kappa shape index (κ2) is 6.02. The zero-order chi connectivity index (χ0) is 13.9. The van der Waals surface area contributed by atoms with Gasteiger partial charge in [0.25, 0.3) is 0 Å². The summed E-state index contributed by atoms with van der Waals surface area (Å²) in [4.78, 5) is 0. The van der Waals surface area contributed by atoms with Gasteiger partial charge in [0.2, 0.25) is 0 Å². The molecule has 18 heavy (non-hydrogen) atoms. The zero-order valence-corrected chi connectivity index (χ0v) is 11.6. The van der Waals surface area contributed by atoms with Crippen LogP contribution in [0.1, 0.15) is 31.9 Å². The second-order valence-corrected chi connectivity index (χ2v) is 5.14. The van der Waals surface area contributed by atoms with E-state index in [2.05, 4.69) is 21.2 Å². The fourth-order valence-corrected chi connectivity index (χ4v) is 2.11. The van der Waals surface area contributed by atoms with Gasteiger partial charge >= 0.3 is 6.18 Å².